The number of thioether (sulfide) groups is 1. The van der Waals surface area contributed by atoms with Gasteiger partial charge in [0.05, 0.1) is 33.5 Å². The highest BCUT2D eigenvalue weighted by Crippen LogP contribution is 2.33. The van der Waals surface area contributed by atoms with Crippen molar-refractivity contribution >= 4 is 69.2 Å². The van der Waals surface area contributed by atoms with Crippen molar-refractivity contribution in [1.82, 2.24) is 10.3 Å². The normalized spacial score (nSPS) is 14.0. The highest BCUT2D eigenvalue weighted by Gasteiger charge is 2.31. The van der Waals surface area contributed by atoms with Gasteiger partial charge in [0, 0.05) is 19.0 Å². The predicted octanol–water partition coefficient (Wildman–Crippen LogP) is 3.41. The molecule has 2 amide bonds. The number of thiocarbonyl (C=S) groups is 1. The van der Waals surface area contributed by atoms with Gasteiger partial charge in [0.2, 0.25) is 5.91 Å². The van der Waals surface area contributed by atoms with Crippen LogP contribution in [0.4, 0.5) is 17.1 Å². The van der Waals surface area contributed by atoms with Crippen molar-refractivity contribution < 1.29 is 29.0 Å². The third-order valence-electron chi connectivity index (χ3n) is 5.01. The maximum Gasteiger partial charge on any atom is 0.337 e. The second kappa shape index (κ2) is 12.0. The zero-order chi connectivity index (χ0) is 27.1. The molecule has 1 aliphatic rings. The fourth-order valence-electron chi connectivity index (χ4n) is 3.17. The van der Waals surface area contributed by atoms with Crippen LogP contribution in [-0.2, 0) is 14.3 Å². The Kier molecular flexibility index (Phi) is 8.86. The Morgan fingerprint density at radius 1 is 1.14 bits per heavy atom. The number of nitrogens with zero attached hydrogens (tertiary/aromatic N) is 3. The van der Waals surface area contributed by atoms with Gasteiger partial charge in [0.25, 0.3) is 11.6 Å². The van der Waals surface area contributed by atoms with E-state index >= 15 is 0 Å². The van der Waals surface area contributed by atoms with Gasteiger partial charge >= 0.3 is 11.7 Å². The molecule has 1 aliphatic heterocycles. The number of nitro groups is 2. The number of hydrazine groups is 1. The summed E-state index contributed by atoms with van der Waals surface area (Å²) in [6, 6.07) is 9.47. The first-order valence-electron chi connectivity index (χ1n) is 10.5. The lowest BCUT2D eigenvalue weighted by Gasteiger charge is -2.14. The SMILES string of the molecule is COC(=O)c1ccc(C=C2SC(=S)N(CCCC(=O)NNc3ccc([N+](=O)[O-])cc3[N+](=O)[O-])C2=O)cc1. The summed E-state index contributed by atoms with van der Waals surface area (Å²) < 4.78 is 4.99. The third-order valence-corrected chi connectivity index (χ3v) is 6.39. The number of nitro benzene ring substituents is 2. The summed E-state index contributed by atoms with van der Waals surface area (Å²) in [6.45, 7) is 0.175. The molecule has 1 heterocycles. The van der Waals surface area contributed by atoms with E-state index in [0.717, 1.165) is 30.0 Å². The minimum absolute atomic E-state index is 0.0289. The maximum atomic E-state index is 12.8. The molecule has 1 fully saturated rings. The summed E-state index contributed by atoms with van der Waals surface area (Å²) in [5, 5.41) is 22.0. The van der Waals surface area contributed by atoms with E-state index in [1.165, 1.54) is 12.0 Å². The molecule has 0 radical (unpaired) electrons. The largest absolute Gasteiger partial charge is 0.465 e. The molecule has 15 heteroatoms. The van der Waals surface area contributed by atoms with E-state index in [1.54, 1.807) is 30.3 Å². The molecule has 0 aliphatic carbocycles. The molecule has 13 nitrogen and oxygen atoms in total. The summed E-state index contributed by atoms with van der Waals surface area (Å²) >= 11 is 6.40. The number of amides is 2. The van der Waals surface area contributed by atoms with Crippen LogP contribution in [0.5, 0.6) is 0 Å². The second-order valence-corrected chi connectivity index (χ2v) is 9.12. The Bertz CT molecular complexity index is 1310. The molecule has 2 N–H and O–H groups in total. The van der Waals surface area contributed by atoms with Gasteiger partial charge in [-0.2, -0.15) is 0 Å². The molecule has 0 saturated carbocycles. The predicted molar refractivity (Wildman–Crippen MR) is 138 cm³/mol. The smallest absolute Gasteiger partial charge is 0.337 e. The zero-order valence-electron chi connectivity index (χ0n) is 19.2. The van der Waals surface area contributed by atoms with Crippen LogP contribution in [0.3, 0.4) is 0 Å². The van der Waals surface area contributed by atoms with Crippen LogP contribution in [-0.4, -0.2) is 50.5 Å². The number of esters is 1. The first-order valence-corrected chi connectivity index (χ1v) is 11.7. The minimum atomic E-state index is -0.808. The number of hydrogen-bond donors (Lipinski definition) is 2. The number of ether oxygens (including phenoxy) is 1. The fraction of sp³-hybridized carbons (Fsp3) is 0.182. The van der Waals surface area contributed by atoms with Gasteiger partial charge in [-0.15, -0.1) is 0 Å². The quantitative estimate of drug-likeness (QED) is 0.147. The number of nitrogens with one attached hydrogen (secondary N) is 2. The molecule has 1 saturated heterocycles. The van der Waals surface area contributed by atoms with E-state index < -0.39 is 33.1 Å². The Morgan fingerprint density at radius 2 is 1.84 bits per heavy atom. The number of rotatable bonds is 10. The fourth-order valence-corrected chi connectivity index (χ4v) is 4.47. The molecule has 0 spiro atoms. The van der Waals surface area contributed by atoms with Crippen LogP contribution in [0.1, 0.15) is 28.8 Å². The monoisotopic (exact) mass is 545 g/mol. The van der Waals surface area contributed by atoms with Gasteiger partial charge in [-0.05, 0) is 36.3 Å². The standard InChI is InChI=1S/C22H19N5O8S2/c1-35-21(30)14-6-4-13(5-7-14)11-18-20(29)25(22(36)37-18)10-2-3-19(28)24-23-16-9-8-15(26(31)32)12-17(16)27(33)34/h4-9,11-12,23H,2-3,10H2,1H3,(H,24,28). The van der Waals surface area contributed by atoms with Gasteiger partial charge in [-0.3, -0.25) is 45.6 Å². The van der Waals surface area contributed by atoms with Crippen molar-refractivity contribution in [3.05, 3.63) is 78.7 Å². The Balaban J connectivity index is 1.52. The van der Waals surface area contributed by atoms with Crippen molar-refractivity contribution in [3.8, 4) is 0 Å². The molecule has 0 unspecified atom stereocenters. The molecule has 2 aromatic rings. The van der Waals surface area contributed by atoms with Crippen molar-refractivity contribution in [2.24, 2.45) is 0 Å². The Morgan fingerprint density at radius 3 is 2.46 bits per heavy atom. The van der Waals surface area contributed by atoms with Crippen LogP contribution < -0.4 is 10.9 Å². The Hall–Kier alpha value is -4.37. The molecule has 0 atom stereocenters. The average Bonchev–Trinajstić information content (AvgIpc) is 3.14. The zero-order valence-corrected chi connectivity index (χ0v) is 20.8. The number of non-ortho nitro benzene ring substituents is 1. The van der Waals surface area contributed by atoms with Crippen molar-refractivity contribution in [2.45, 2.75) is 12.8 Å². The van der Waals surface area contributed by atoms with E-state index in [4.69, 9.17) is 12.2 Å². The molecule has 3 rings (SSSR count). The number of carbonyl (C=O) groups excluding carboxylic acids is 3. The lowest BCUT2D eigenvalue weighted by molar-refractivity contribution is -0.393. The molecule has 2 aromatic carbocycles. The van der Waals surface area contributed by atoms with Gasteiger partial charge in [0.1, 0.15) is 10.0 Å². The van der Waals surface area contributed by atoms with Crippen LogP contribution in [0.15, 0.2) is 47.4 Å². The minimum Gasteiger partial charge on any atom is -0.465 e. The molecule has 0 bridgehead atoms. The average molecular weight is 546 g/mol. The lowest BCUT2D eigenvalue weighted by atomic mass is 10.1. The van der Waals surface area contributed by atoms with E-state index in [0.29, 0.717) is 20.4 Å². The summed E-state index contributed by atoms with van der Waals surface area (Å²) in [5.74, 6) is -1.30. The first-order chi connectivity index (χ1) is 17.6. The number of methoxy groups -OCH3 is 1. The highest BCUT2D eigenvalue weighted by molar-refractivity contribution is 8.26. The first kappa shape index (κ1) is 27.2. The van der Waals surface area contributed by atoms with Gasteiger partial charge in [-0.1, -0.05) is 36.1 Å². The molecule has 192 valence electrons. The van der Waals surface area contributed by atoms with Crippen LogP contribution in [0, 0.1) is 20.2 Å². The van der Waals surface area contributed by atoms with E-state index in [9.17, 15) is 34.6 Å². The van der Waals surface area contributed by atoms with Crippen molar-refractivity contribution in [3.63, 3.8) is 0 Å². The van der Waals surface area contributed by atoms with Gasteiger partial charge in [-0.25, -0.2) is 4.79 Å². The molecular formula is C22H19N5O8S2. The van der Waals surface area contributed by atoms with Crippen LogP contribution in [0.25, 0.3) is 6.08 Å². The number of benzene rings is 2. The molecule has 0 aromatic heterocycles. The number of carbonyl (C=O) groups is 3. The summed E-state index contributed by atoms with van der Waals surface area (Å²) in [7, 11) is 1.28. The second-order valence-electron chi connectivity index (χ2n) is 7.44. The van der Waals surface area contributed by atoms with Crippen molar-refractivity contribution in [2.75, 3.05) is 19.1 Å². The number of hydrogen-bond acceptors (Lipinski definition) is 11. The van der Waals surface area contributed by atoms with E-state index in [-0.39, 0.29) is 31.0 Å². The molecular weight excluding hydrogens is 526 g/mol. The maximum absolute atomic E-state index is 12.8. The number of anilines is 1. The van der Waals surface area contributed by atoms with Crippen LogP contribution in [0.2, 0.25) is 0 Å². The lowest BCUT2D eigenvalue weighted by Crippen LogP contribution is -2.32. The molecule has 37 heavy (non-hydrogen) atoms. The van der Waals surface area contributed by atoms with E-state index in [1.807, 2.05) is 0 Å². The summed E-state index contributed by atoms with van der Waals surface area (Å²) in [6.07, 6.45) is 1.87. The van der Waals surface area contributed by atoms with Gasteiger partial charge in [0.15, 0.2) is 0 Å². The van der Waals surface area contributed by atoms with Crippen LogP contribution >= 0.6 is 24.0 Å². The summed E-state index contributed by atoms with van der Waals surface area (Å²) in [5.41, 5.74) is 4.62. The third kappa shape index (κ3) is 6.86. The topological polar surface area (TPSA) is 174 Å². The highest BCUT2D eigenvalue weighted by atomic mass is 32.2. The van der Waals surface area contributed by atoms with Gasteiger partial charge < -0.3 is 4.74 Å². The van der Waals surface area contributed by atoms with Crippen molar-refractivity contribution in [1.29, 1.82) is 0 Å². The summed E-state index contributed by atoms with van der Waals surface area (Å²) in [4.78, 5) is 58.7. The Labute approximate surface area is 219 Å². The van der Waals surface area contributed by atoms with E-state index in [2.05, 4.69) is 15.6 Å².